The first-order valence-corrected chi connectivity index (χ1v) is 6.76. The van der Waals surface area contributed by atoms with Gasteiger partial charge < -0.3 is 15.4 Å². The molecule has 1 aromatic rings. The van der Waals surface area contributed by atoms with Crippen molar-refractivity contribution in [2.24, 2.45) is 5.92 Å². The first-order valence-electron chi connectivity index (χ1n) is 6.76. The van der Waals surface area contributed by atoms with E-state index in [9.17, 15) is 4.79 Å². The number of benzene rings is 1. The van der Waals surface area contributed by atoms with Crippen LogP contribution in [0, 0.1) is 12.8 Å². The van der Waals surface area contributed by atoms with Gasteiger partial charge in [-0.15, -0.1) is 0 Å². The predicted octanol–water partition coefficient (Wildman–Crippen LogP) is 2.08. The molecule has 2 N–H and O–H groups in total. The second kappa shape index (κ2) is 6.06. The van der Waals surface area contributed by atoms with Gasteiger partial charge in [0.2, 0.25) is 0 Å². The molecule has 4 nitrogen and oxygen atoms in total. The third-order valence-corrected chi connectivity index (χ3v) is 3.57. The van der Waals surface area contributed by atoms with Gasteiger partial charge in [-0.3, -0.25) is 4.79 Å². The van der Waals surface area contributed by atoms with Gasteiger partial charge in [-0.1, -0.05) is 0 Å². The molecule has 1 fully saturated rings. The van der Waals surface area contributed by atoms with Crippen molar-refractivity contribution in [2.75, 3.05) is 32.5 Å². The molecule has 0 aliphatic carbocycles. The molecule has 0 aromatic heterocycles. The van der Waals surface area contributed by atoms with Crippen LogP contribution >= 0.6 is 0 Å². The lowest BCUT2D eigenvalue weighted by Crippen LogP contribution is -2.34. The van der Waals surface area contributed by atoms with Crippen molar-refractivity contribution in [1.29, 1.82) is 0 Å². The van der Waals surface area contributed by atoms with Crippen molar-refractivity contribution in [3.8, 4) is 0 Å². The van der Waals surface area contributed by atoms with Gasteiger partial charge in [0.1, 0.15) is 0 Å². The summed E-state index contributed by atoms with van der Waals surface area (Å²) >= 11 is 0. The summed E-state index contributed by atoms with van der Waals surface area (Å²) in [7, 11) is 1.86. The molecule has 1 saturated heterocycles. The minimum atomic E-state index is 0.0434. The molecule has 1 aliphatic rings. The SMILES string of the molecule is Cc1cc(N)cc(C(=O)N(C)CC2CCOCC2)c1. The fourth-order valence-corrected chi connectivity index (χ4v) is 2.56. The largest absolute Gasteiger partial charge is 0.399 e. The van der Waals surface area contributed by atoms with Gasteiger partial charge in [-0.25, -0.2) is 0 Å². The number of rotatable bonds is 3. The molecule has 1 aliphatic heterocycles. The number of hydrogen-bond acceptors (Lipinski definition) is 3. The van der Waals surface area contributed by atoms with E-state index in [0.29, 0.717) is 17.2 Å². The molecule has 0 spiro atoms. The predicted molar refractivity (Wildman–Crippen MR) is 76.1 cm³/mol. The molecule has 0 saturated carbocycles. The van der Waals surface area contributed by atoms with Crippen molar-refractivity contribution in [3.05, 3.63) is 29.3 Å². The molecule has 1 amide bonds. The van der Waals surface area contributed by atoms with E-state index in [1.165, 1.54) is 0 Å². The molecule has 104 valence electrons. The van der Waals surface area contributed by atoms with Crippen molar-refractivity contribution in [3.63, 3.8) is 0 Å². The van der Waals surface area contributed by atoms with E-state index in [2.05, 4.69) is 0 Å². The lowest BCUT2D eigenvalue weighted by molar-refractivity contribution is 0.0497. The van der Waals surface area contributed by atoms with Gasteiger partial charge in [0.05, 0.1) is 0 Å². The third-order valence-electron chi connectivity index (χ3n) is 3.57. The Kier molecular flexibility index (Phi) is 4.43. The van der Waals surface area contributed by atoms with Gasteiger partial charge in [0.25, 0.3) is 5.91 Å². The number of carbonyl (C=O) groups is 1. The van der Waals surface area contributed by atoms with Gasteiger partial charge in [0, 0.05) is 38.1 Å². The number of aryl methyl sites for hydroxylation is 1. The monoisotopic (exact) mass is 262 g/mol. The van der Waals surface area contributed by atoms with Crippen LogP contribution in [0.5, 0.6) is 0 Å². The zero-order chi connectivity index (χ0) is 13.8. The summed E-state index contributed by atoms with van der Waals surface area (Å²) < 4.78 is 5.34. The average Bonchev–Trinajstić information content (AvgIpc) is 2.37. The molecule has 0 atom stereocenters. The van der Waals surface area contributed by atoms with E-state index in [-0.39, 0.29) is 5.91 Å². The Labute approximate surface area is 114 Å². The van der Waals surface area contributed by atoms with Gasteiger partial charge in [-0.2, -0.15) is 0 Å². The first kappa shape index (κ1) is 13.9. The van der Waals surface area contributed by atoms with Crippen LogP contribution in [0.4, 0.5) is 5.69 Å². The van der Waals surface area contributed by atoms with Crippen LogP contribution in [0.25, 0.3) is 0 Å². The number of hydrogen-bond donors (Lipinski definition) is 1. The molecule has 0 unspecified atom stereocenters. The summed E-state index contributed by atoms with van der Waals surface area (Å²) in [6, 6.07) is 5.50. The van der Waals surface area contributed by atoms with E-state index in [1.54, 1.807) is 11.0 Å². The molecule has 2 rings (SSSR count). The van der Waals surface area contributed by atoms with Gasteiger partial charge in [-0.05, 0) is 49.4 Å². The quantitative estimate of drug-likeness (QED) is 0.848. The summed E-state index contributed by atoms with van der Waals surface area (Å²) in [5.41, 5.74) is 8.13. The molecular weight excluding hydrogens is 240 g/mol. The fourth-order valence-electron chi connectivity index (χ4n) is 2.56. The minimum Gasteiger partial charge on any atom is -0.399 e. The number of amides is 1. The number of ether oxygens (including phenoxy) is 1. The van der Waals surface area contributed by atoms with Gasteiger partial charge in [0.15, 0.2) is 0 Å². The highest BCUT2D eigenvalue weighted by molar-refractivity contribution is 5.95. The summed E-state index contributed by atoms with van der Waals surface area (Å²) in [5, 5.41) is 0. The Morgan fingerprint density at radius 3 is 2.68 bits per heavy atom. The molecule has 1 heterocycles. The number of nitrogen functional groups attached to an aromatic ring is 1. The number of carbonyl (C=O) groups excluding carboxylic acids is 1. The molecule has 0 radical (unpaired) electrons. The highest BCUT2D eigenvalue weighted by Crippen LogP contribution is 2.18. The summed E-state index contributed by atoms with van der Waals surface area (Å²) in [4.78, 5) is 14.2. The normalized spacial score (nSPS) is 16.3. The number of anilines is 1. The molecule has 19 heavy (non-hydrogen) atoms. The van der Waals surface area contributed by atoms with Crippen LogP contribution < -0.4 is 5.73 Å². The first-order chi connectivity index (χ1) is 9.06. The summed E-state index contributed by atoms with van der Waals surface area (Å²) in [6.07, 6.45) is 2.07. The maximum atomic E-state index is 12.4. The Bertz CT molecular complexity index is 433. The topological polar surface area (TPSA) is 55.6 Å². The maximum Gasteiger partial charge on any atom is 0.253 e. The third kappa shape index (κ3) is 3.70. The lowest BCUT2D eigenvalue weighted by atomic mass is 9.99. The van der Waals surface area contributed by atoms with Crippen molar-refractivity contribution < 1.29 is 9.53 Å². The van der Waals surface area contributed by atoms with E-state index in [1.807, 2.05) is 26.1 Å². The highest BCUT2D eigenvalue weighted by Gasteiger charge is 2.19. The van der Waals surface area contributed by atoms with Crippen LogP contribution in [0.15, 0.2) is 18.2 Å². The van der Waals surface area contributed by atoms with Crippen molar-refractivity contribution >= 4 is 11.6 Å². The Hall–Kier alpha value is -1.55. The Morgan fingerprint density at radius 1 is 1.37 bits per heavy atom. The van der Waals surface area contributed by atoms with Crippen LogP contribution in [-0.2, 0) is 4.74 Å². The lowest BCUT2D eigenvalue weighted by Gasteiger charge is -2.27. The number of nitrogens with two attached hydrogens (primary N) is 1. The van der Waals surface area contributed by atoms with Crippen LogP contribution in [0.1, 0.15) is 28.8 Å². The standard InChI is InChI=1S/C15H22N2O2/c1-11-7-13(9-14(16)8-11)15(18)17(2)10-12-3-5-19-6-4-12/h7-9,12H,3-6,10,16H2,1-2H3. The molecule has 1 aromatic carbocycles. The summed E-state index contributed by atoms with van der Waals surface area (Å²) in [6.45, 7) is 4.36. The zero-order valence-corrected chi connectivity index (χ0v) is 11.7. The van der Waals surface area contributed by atoms with Crippen LogP contribution in [0.2, 0.25) is 0 Å². The summed E-state index contributed by atoms with van der Waals surface area (Å²) in [5.74, 6) is 0.590. The minimum absolute atomic E-state index is 0.0434. The average molecular weight is 262 g/mol. The number of nitrogens with zero attached hydrogens (tertiary/aromatic N) is 1. The van der Waals surface area contributed by atoms with Crippen LogP contribution in [0.3, 0.4) is 0 Å². The Balaban J connectivity index is 2.01. The second-order valence-corrected chi connectivity index (χ2v) is 5.37. The fraction of sp³-hybridized carbons (Fsp3) is 0.533. The zero-order valence-electron chi connectivity index (χ0n) is 11.7. The van der Waals surface area contributed by atoms with E-state index in [0.717, 1.165) is 38.2 Å². The second-order valence-electron chi connectivity index (χ2n) is 5.37. The molecular formula is C15H22N2O2. The van der Waals surface area contributed by atoms with E-state index >= 15 is 0 Å². The van der Waals surface area contributed by atoms with E-state index in [4.69, 9.17) is 10.5 Å². The van der Waals surface area contributed by atoms with E-state index < -0.39 is 0 Å². The van der Waals surface area contributed by atoms with Crippen LogP contribution in [-0.4, -0.2) is 37.6 Å². The maximum absolute atomic E-state index is 12.4. The molecule has 4 heteroatoms. The highest BCUT2D eigenvalue weighted by atomic mass is 16.5. The Morgan fingerprint density at radius 2 is 2.05 bits per heavy atom. The van der Waals surface area contributed by atoms with Crippen molar-refractivity contribution in [1.82, 2.24) is 4.90 Å². The smallest absolute Gasteiger partial charge is 0.253 e. The molecule has 0 bridgehead atoms. The van der Waals surface area contributed by atoms with Gasteiger partial charge >= 0.3 is 0 Å². The van der Waals surface area contributed by atoms with Crippen molar-refractivity contribution in [2.45, 2.75) is 19.8 Å².